The molecule has 0 amide bonds. The summed E-state index contributed by atoms with van der Waals surface area (Å²) in [5.41, 5.74) is 0.968. The standard InChI is InChI=1S/C9H9O/c1-8(10)7-9-5-3-2-4-6-9/h2-5H,7H2,1H3. The van der Waals surface area contributed by atoms with Crippen molar-refractivity contribution in [3.8, 4) is 0 Å². The fourth-order valence-electron chi connectivity index (χ4n) is 0.809. The number of ketones is 1. The minimum absolute atomic E-state index is 0.183. The van der Waals surface area contributed by atoms with Crippen molar-refractivity contribution in [3.05, 3.63) is 35.9 Å². The third-order valence-electron chi connectivity index (χ3n) is 1.21. The highest BCUT2D eigenvalue weighted by atomic mass is 16.1. The molecule has 0 fully saturated rings. The van der Waals surface area contributed by atoms with E-state index in [0.717, 1.165) is 5.56 Å². The van der Waals surface area contributed by atoms with Gasteiger partial charge in [-0.05, 0) is 18.6 Å². The average molecular weight is 133 g/mol. The van der Waals surface area contributed by atoms with Crippen LogP contribution in [0.15, 0.2) is 24.3 Å². The lowest BCUT2D eigenvalue weighted by Gasteiger charge is -1.92. The summed E-state index contributed by atoms with van der Waals surface area (Å²) in [7, 11) is 0. The zero-order valence-corrected chi connectivity index (χ0v) is 5.92. The van der Waals surface area contributed by atoms with Crippen LogP contribution in [-0.2, 0) is 11.2 Å². The van der Waals surface area contributed by atoms with E-state index < -0.39 is 0 Å². The molecule has 0 aliphatic heterocycles. The molecule has 1 aromatic carbocycles. The Morgan fingerprint density at radius 2 is 2.40 bits per heavy atom. The number of carbonyl (C=O) groups excluding carboxylic acids is 1. The van der Waals surface area contributed by atoms with Crippen LogP contribution in [0.3, 0.4) is 0 Å². The zero-order valence-electron chi connectivity index (χ0n) is 5.92. The fraction of sp³-hybridized carbons (Fsp3) is 0.222. The van der Waals surface area contributed by atoms with E-state index in [2.05, 4.69) is 6.07 Å². The Morgan fingerprint density at radius 1 is 1.60 bits per heavy atom. The van der Waals surface area contributed by atoms with Gasteiger partial charge in [0, 0.05) is 6.42 Å². The Kier molecular flexibility index (Phi) is 2.21. The van der Waals surface area contributed by atoms with Crippen molar-refractivity contribution < 1.29 is 4.79 Å². The minimum Gasteiger partial charge on any atom is -0.300 e. The third-order valence-corrected chi connectivity index (χ3v) is 1.21. The van der Waals surface area contributed by atoms with E-state index in [1.807, 2.05) is 24.3 Å². The maximum atomic E-state index is 10.6. The van der Waals surface area contributed by atoms with E-state index in [1.165, 1.54) is 0 Å². The van der Waals surface area contributed by atoms with Gasteiger partial charge in [0.05, 0.1) is 0 Å². The molecule has 0 aliphatic rings. The second-order valence-electron chi connectivity index (χ2n) is 2.27. The molecule has 0 aliphatic carbocycles. The number of hydrogen-bond acceptors (Lipinski definition) is 1. The zero-order chi connectivity index (χ0) is 7.40. The van der Waals surface area contributed by atoms with E-state index in [4.69, 9.17) is 0 Å². The molecule has 1 rings (SSSR count). The van der Waals surface area contributed by atoms with Crippen molar-refractivity contribution >= 4 is 5.78 Å². The number of carbonyl (C=O) groups is 1. The van der Waals surface area contributed by atoms with Gasteiger partial charge in [-0.1, -0.05) is 24.3 Å². The number of Topliss-reactive ketones (excluding diaryl/α,β-unsaturated/α-hetero) is 1. The highest BCUT2D eigenvalue weighted by molar-refractivity contribution is 5.78. The van der Waals surface area contributed by atoms with Gasteiger partial charge in [0.25, 0.3) is 0 Å². The van der Waals surface area contributed by atoms with Gasteiger partial charge in [-0.15, -0.1) is 0 Å². The number of rotatable bonds is 2. The normalized spacial score (nSPS) is 9.30. The SMILES string of the molecule is CC(=O)Cc1[c]cccc1. The van der Waals surface area contributed by atoms with Crippen LogP contribution in [0.25, 0.3) is 0 Å². The summed E-state index contributed by atoms with van der Waals surface area (Å²) in [6.07, 6.45) is 0.501. The van der Waals surface area contributed by atoms with Crippen LogP contribution in [0.1, 0.15) is 12.5 Å². The van der Waals surface area contributed by atoms with Gasteiger partial charge in [0.1, 0.15) is 5.78 Å². The monoisotopic (exact) mass is 133 g/mol. The highest BCUT2D eigenvalue weighted by Gasteiger charge is 1.94. The molecular formula is C9H9O. The molecule has 0 aromatic heterocycles. The van der Waals surface area contributed by atoms with Gasteiger partial charge >= 0.3 is 0 Å². The Balaban J connectivity index is 2.67. The van der Waals surface area contributed by atoms with Crippen molar-refractivity contribution in [1.82, 2.24) is 0 Å². The van der Waals surface area contributed by atoms with Crippen molar-refractivity contribution in [2.75, 3.05) is 0 Å². The van der Waals surface area contributed by atoms with Gasteiger partial charge in [-0.2, -0.15) is 0 Å². The molecular weight excluding hydrogens is 124 g/mol. The van der Waals surface area contributed by atoms with E-state index >= 15 is 0 Å². The molecule has 0 spiro atoms. The summed E-state index contributed by atoms with van der Waals surface area (Å²) in [6, 6.07) is 10.5. The van der Waals surface area contributed by atoms with Crippen molar-refractivity contribution in [1.29, 1.82) is 0 Å². The van der Waals surface area contributed by atoms with E-state index in [9.17, 15) is 4.79 Å². The molecule has 10 heavy (non-hydrogen) atoms. The first-order chi connectivity index (χ1) is 4.79. The van der Waals surface area contributed by atoms with Crippen molar-refractivity contribution in [2.45, 2.75) is 13.3 Å². The van der Waals surface area contributed by atoms with E-state index in [1.54, 1.807) is 6.92 Å². The Bertz CT molecular complexity index is 213. The molecule has 0 saturated heterocycles. The second-order valence-corrected chi connectivity index (χ2v) is 2.27. The number of hydrogen-bond donors (Lipinski definition) is 0. The van der Waals surface area contributed by atoms with Crippen LogP contribution >= 0.6 is 0 Å². The molecule has 0 bridgehead atoms. The molecule has 51 valence electrons. The molecule has 0 saturated carbocycles. The van der Waals surface area contributed by atoms with Crippen LogP contribution in [-0.4, -0.2) is 5.78 Å². The van der Waals surface area contributed by atoms with Crippen molar-refractivity contribution in [2.24, 2.45) is 0 Å². The van der Waals surface area contributed by atoms with E-state index in [-0.39, 0.29) is 5.78 Å². The first-order valence-electron chi connectivity index (χ1n) is 3.24. The van der Waals surface area contributed by atoms with Crippen LogP contribution < -0.4 is 0 Å². The first-order valence-corrected chi connectivity index (χ1v) is 3.24. The molecule has 0 N–H and O–H groups in total. The molecule has 1 nitrogen and oxygen atoms in total. The largest absolute Gasteiger partial charge is 0.300 e. The predicted molar refractivity (Wildman–Crippen MR) is 39.7 cm³/mol. The second kappa shape index (κ2) is 3.16. The first kappa shape index (κ1) is 7.00. The predicted octanol–water partition coefficient (Wildman–Crippen LogP) is 1.62. The molecule has 1 heteroatoms. The van der Waals surface area contributed by atoms with Gasteiger partial charge in [0.2, 0.25) is 0 Å². The summed E-state index contributed by atoms with van der Waals surface area (Å²) in [6.45, 7) is 1.58. The molecule has 1 aromatic rings. The highest BCUT2D eigenvalue weighted by Crippen LogP contribution is 1.97. The molecule has 0 heterocycles. The molecule has 1 radical (unpaired) electrons. The third kappa shape index (κ3) is 2.02. The Hall–Kier alpha value is -1.11. The van der Waals surface area contributed by atoms with Gasteiger partial charge in [-0.3, -0.25) is 4.79 Å². The van der Waals surface area contributed by atoms with Crippen molar-refractivity contribution in [3.63, 3.8) is 0 Å². The van der Waals surface area contributed by atoms with Crippen LogP contribution in [0.5, 0.6) is 0 Å². The lowest BCUT2D eigenvalue weighted by atomic mass is 10.1. The summed E-state index contributed by atoms with van der Waals surface area (Å²) < 4.78 is 0. The lowest BCUT2D eigenvalue weighted by Crippen LogP contribution is -1.95. The maximum absolute atomic E-state index is 10.6. The van der Waals surface area contributed by atoms with Crippen LogP contribution in [0.4, 0.5) is 0 Å². The summed E-state index contributed by atoms with van der Waals surface area (Å²) >= 11 is 0. The smallest absolute Gasteiger partial charge is 0.134 e. The minimum atomic E-state index is 0.183. The topological polar surface area (TPSA) is 17.1 Å². The average Bonchev–Trinajstić information content (AvgIpc) is 1.88. The van der Waals surface area contributed by atoms with Gasteiger partial charge in [-0.25, -0.2) is 0 Å². The molecule has 0 unspecified atom stereocenters. The summed E-state index contributed by atoms with van der Waals surface area (Å²) in [5.74, 6) is 0.183. The quantitative estimate of drug-likeness (QED) is 0.599. The Labute approximate surface area is 60.7 Å². The van der Waals surface area contributed by atoms with Crippen LogP contribution in [0, 0.1) is 6.07 Å². The van der Waals surface area contributed by atoms with Gasteiger partial charge < -0.3 is 0 Å². The number of benzene rings is 1. The summed E-state index contributed by atoms with van der Waals surface area (Å²) in [4.78, 5) is 10.6. The lowest BCUT2D eigenvalue weighted by molar-refractivity contribution is -0.116. The van der Waals surface area contributed by atoms with Gasteiger partial charge in [0.15, 0.2) is 0 Å². The fourth-order valence-corrected chi connectivity index (χ4v) is 0.809. The van der Waals surface area contributed by atoms with E-state index in [0.29, 0.717) is 6.42 Å². The summed E-state index contributed by atoms with van der Waals surface area (Å²) in [5, 5.41) is 0. The molecule has 0 atom stereocenters. The van der Waals surface area contributed by atoms with Crippen LogP contribution in [0.2, 0.25) is 0 Å². The Morgan fingerprint density at radius 3 is 2.90 bits per heavy atom. The maximum Gasteiger partial charge on any atom is 0.134 e.